The molecule has 1 rings (SSSR count). The molecular formula is C13H16F3NO4. The van der Waals surface area contributed by atoms with Gasteiger partial charge in [0.2, 0.25) is 5.91 Å². The third-order valence-electron chi connectivity index (χ3n) is 2.80. The number of rotatable bonds is 5. The zero-order valence-electron chi connectivity index (χ0n) is 11.7. The predicted molar refractivity (Wildman–Crippen MR) is 69.5 cm³/mol. The maximum Gasteiger partial charge on any atom is 0.417 e. The first-order valence-electron chi connectivity index (χ1n) is 5.91. The number of alkyl halides is 3. The van der Waals surface area contributed by atoms with Crippen molar-refractivity contribution in [2.45, 2.75) is 25.1 Å². The number of hydrogen-bond donors (Lipinski definition) is 2. The van der Waals surface area contributed by atoms with Crippen molar-refractivity contribution in [2.75, 3.05) is 19.5 Å². The van der Waals surface area contributed by atoms with E-state index in [0.717, 1.165) is 0 Å². The van der Waals surface area contributed by atoms with Gasteiger partial charge in [-0.05, 0) is 19.1 Å². The second-order valence-corrected chi connectivity index (χ2v) is 4.56. The van der Waals surface area contributed by atoms with E-state index in [4.69, 9.17) is 9.47 Å². The summed E-state index contributed by atoms with van der Waals surface area (Å²) in [7, 11) is 2.78. The molecule has 0 aliphatic carbocycles. The number of carbonyl (C=O) groups is 1. The van der Waals surface area contributed by atoms with Gasteiger partial charge in [-0.3, -0.25) is 4.79 Å². The Kier molecular flexibility index (Phi) is 5.06. The van der Waals surface area contributed by atoms with Gasteiger partial charge in [0.05, 0.1) is 26.3 Å². The van der Waals surface area contributed by atoms with E-state index >= 15 is 0 Å². The van der Waals surface area contributed by atoms with Gasteiger partial charge in [0, 0.05) is 6.07 Å². The van der Waals surface area contributed by atoms with Crippen LogP contribution in [0.2, 0.25) is 0 Å². The van der Waals surface area contributed by atoms with Gasteiger partial charge in [0.1, 0.15) is 11.5 Å². The molecule has 0 bridgehead atoms. The van der Waals surface area contributed by atoms with Crippen LogP contribution in [-0.4, -0.2) is 37.0 Å². The number of hydrogen-bond acceptors (Lipinski definition) is 4. The SMILES string of the molecule is COc1ccc(NC(=O)C[C@](C)(O)C(F)(F)F)c(OC)c1. The molecule has 2 N–H and O–H groups in total. The highest BCUT2D eigenvalue weighted by Gasteiger charge is 2.51. The van der Waals surface area contributed by atoms with Crippen LogP contribution in [0.4, 0.5) is 18.9 Å². The predicted octanol–water partition coefficient (Wildman–Crippen LogP) is 2.35. The molecule has 0 spiro atoms. The summed E-state index contributed by atoms with van der Waals surface area (Å²) < 4.78 is 47.5. The molecule has 0 radical (unpaired) electrons. The van der Waals surface area contributed by atoms with Crippen molar-refractivity contribution in [3.05, 3.63) is 18.2 Å². The Morgan fingerprint density at radius 2 is 1.90 bits per heavy atom. The lowest BCUT2D eigenvalue weighted by Gasteiger charge is -2.25. The molecular weight excluding hydrogens is 291 g/mol. The van der Waals surface area contributed by atoms with E-state index in [1.54, 1.807) is 0 Å². The van der Waals surface area contributed by atoms with Crippen LogP contribution in [0.25, 0.3) is 0 Å². The first kappa shape index (κ1) is 17.1. The maximum absolute atomic E-state index is 12.5. The molecule has 0 saturated carbocycles. The van der Waals surface area contributed by atoms with Gasteiger partial charge in [-0.25, -0.2) is 0 Å². The molecule has 1 aromatic rings. The number of carbonyl (C=O) groups excluding carboxylic acids is 1. The zero-order valence-corrected chi connectivity index (χ0v) is 11.7. The van der Waals surface area contributed by atoms with Crippen LogP contribution >= 0.6 is 0 Å². The van der Waals surface area contributed by atoms with Crippen LogP contribution in [0, 0.1) is 0 Å². The largest absolute Gasteiger partial charge is 0.497 e. The monoisotopic (exact) mass is 307 g/mol. The van der Waals surface area contributed by atoms with Gasteiger partial charge in [0.25, 0.3) is 0 Å². The molecule has 118 valence electrons. The van der Waals surface area contributed by atoms with E-state index in [0.29, 0.717) is 12.7 Å². The first-order valence-corrected chi connectivity index (χ1v) is 5.91. The fourth-order valence-electron chi connectivity index (χ4n) is 1.51. The zero-order chi connectivity index (χ0) is 16.3. The van der Waals surface area contributed by atoms with Crippen molar-refractivity contribution in [3.8, 4) is 11.5 Å². The average molecular weight is 307 g/mol. The summed E-state index contributed by atoms with van der Waals surface area (Å²) in [6.07, 6.45) is -6.01. The van der Waals surface area contributed by atoms with Gasteiger partial charge in [-0.15, -0.1) is 0 Å². The van der Waals surface area contributed by atoms with Crippen LogP contribution in [-0.2, 0) is 4.79 Å². The van der Waals surface area contributed by atoms with Crippen molar-refractivity contribution < 1.29 is 32.5 Å². The third kappa shape index (κ3) is 4.25. The molecule has 1 amide bonds. The standard InChI is InChI=1S/C13H16F3NO4/c1-12(19,13(14,15)16)7-11(18)17-9-5-4-8(20-2)6-10(9)21-3/h4-6,19H,7H2,1-3H3,(H,17,18)/t12-/m0/s1. The fraction of sp³-hybridized carbons (Fsp3) is 0.462. The molecule has 1 atom stereocenters. The van der Waals surface area contributed by atoms with Gasteiger partial charge in [-0.2, -0.15) is 13.2 Å². The molecule has 0 unspecified atom stereocenters. The number of benzene rings is 1. The summed E-state index contributed by atoms with van der Waals surface area (Å²) >= 11 is 0. The van der Waals surface area contributed by atoms with E-state index in [1.807, 2.05) is 0 Å². The second kappa shape index (κ2) is 6.21. The van der Waals surface area contributed by atoms with Crippen LogP contribution in [0.1, 0.15) is 13.3 Å². The van der Waals surface area contributed by atoms with Crippen molar-refractivity contribution >= 4 is 11.6 Å². The minimum atomic E-state index is -4.89. The highest BCUT2D eigenvalue weighted by molar-refractivity contribution is 5.93. The molecule has 0 aliphatic rings. The summed E-state index contributed by atoms with van der Waals surface area (Å²) in [5, 5.41) is 11.5. The lowest BCUT2D eigenvalue weighted by atomic mass is 10.0. The van der Waals surface area contributed by atoms with Crippen LogP contribution in [0.5, 0.6) is 11.5 Å². The number of methoxy groups -OCH3 is 2. The molecule has 0 heterocycles. The number of ether oxygens (including phenoxy) is 2. The van der Waals surface area contributed by atoms with E-state index in [2.05, 4.69) is 5.32 Å². The average Bonchev–Trinajstić information content (AvgIpc) is 2.37. The highest BCUT2D eigenvalue weighted by Crippen LogP contribution is 2.34. The lowest BCUT2D eigenvalue weighted by Crippen LogP contribution is -2.44. The number of halogens is 3. The number of nitrogens with one attached hydrogen (secondary N) is 1. The Balaban J connectivity index is 2.85. The molecule has 0 saturated heterocycles. The lowest BCUT2D eigenvalue weighted by molar-refractivity contribution is -0.252. The van der Waals surface area contributed by atoms with Gasteiger partial charge in [-0.1, -0.05) is 0 Å². The minimum absolute atomic E-state index is 0.182. The Labute approximate surface area is 119 Å². The Morgan fingerprint density at radius 1 is 1.29 bits per heavy atom. The van der Waals surface area contributed by atoms with Crippen LogP contribution in [0.15, 0.2) is 18.2 Å². The Bertz CT molecular complexity index is 515. The number of anilines is 1. The summed E-state index contributed by atoms with van der Waals surface area (Å²) in [6.45, 7) is 0.540. The fourth-order valence-corrected chi connectivity index (χ4v) is 1.51. The van der Waals surface area contributed by atoms with Crippen molar-refractivity contribution in [1.82, 2.24) is 0 Å². The smallest absolute Gasteiger partial charge is 0.417 e. The Hall–Kier alpha value is -1.96. The van der Waals surface area contributed by atoms with Gasteiger partial charge >= 0.3 is 6.18 Å². The molecule has 5 nitrogen and oxygen atoms in total. The number of aliphatic hydroxyl groups is 1. The number of amides is 1. The summed E-state index contributed by atoms with van der Waals surface area (Å²) in [6, 6.07) is 4.41. The van der Waals surface area contributed by atoms with E-state index in [-0.39, 0.29) is 11.4 Å². The molecule has 1 aromatic carbocycles. The van der Waals surface area contributed by atoms with Crippen molar-refractivity contribution in [3.63, 3.8) is 0 Å². The molecule has 0 aliphatic heterocycles. The summed E-state index contributed by atoms with van der Waals surface area (Å²) in [4.78, 5) is 11.6. The molecule has 0 aromatic heterocycles. The van der Waals surface area contributed by atoms with Crippen LogP contribution < -0.4 is 14.8 Å². The molecule has 0 fully saturated rings. The Morgan fingerprint density at radius 3 is 2.38 bits per heavy atom. The van der Waals surface area contributed by atoms with Crippen LogP contribution in [0.3, 0.4) is 0 Å². The van der Waals surface area contributed by atoms with Crippen molar-refractivity contribution in [1.29, 1.82) is 0 Å². The summed E-state index contributed by atoms with van der Waals surface area (Å²) in [5.41, 5.74) is -2.92. The molecule has 8 heteroatoms. The quantitative estimate of drug-likeness (QED) is 0.876. The van der Waals surface area contributed by atoms with Gasteiger partial charge in [0.15, 0.2) is 5.60 Å². The normalized spacial score (nSPS) is 14.2. The second-order valence-electron chi connectivity index (χ2n) is 4.56. The van der Waals surface area contributed by atoms with E-state index in [9.17, 15) is 23.1 Å². The third-order valence-corrected chi connectivity index (χ3v) is 2.80. The highest BCUT2D eigenvalue weighted by atomic mass is 19.4. The van der Waals surface area contributed by atoms with Gasteiger partial charge < -0.3 is 19.9 Å². The van der Waals surface area contributed by atoms with E-state index in [1.165, 1.54) is 32.4 Å². The van der Waals surface area contributed by atoms with Crippen molar-refractivity contribution in [2.24, 2.45) is 0 Å². The summed E-state index contributed by atoms with van der Waals surface area (Å²) in [5.74, 6) is -0.290. The van der Waals surface area contributed by atoms with E-state index < -0.39 is 24.1 Å². The molecule has 21 heavy (non-hydrogen) atoms. The topological polar surface area (TPSA) is 67.8 Å². The minimum Gasteiger partial charge on any atom is -0.497 e. The maximum atomic E-state index is 12.5. The first-order chi connectivity index (χ1) is 9.60.